The molecule has 0 bridgehead atoms. The van der Waals surface area contributed by atoms with Crippen molar-refractivity contribution in [2.45, 2.75) is 19.4 Å². The average Bonchev–Trinajstić information content (AvgIpc) is 2.52. The summed E-state index contributed by atoms with van der Waals surface area (Å²) < 4.78 is 5.33. The first-order valence-corrected chi connectivity index (χ1v) is 7.27. The number of ether oxygens (including phenoxy) is 1. The number of para-hydroxylation sites is 1. The Bertz CT molecular complexity index is 636. The molecule has 0 fully saturated rings. The van der Waals surface area contributed by atoms with Gasteiger partial charge in [-0.25, -0.2) is 0 Å². The molecular weight excluding hydrogens is 278 g/mol. The van der Waals surface area contributed by atoms with E-state index < -0.39 is 5.60 Å². The second-order valence-corrected chi connectivity index (χ2v) is 5.24. The topological polar surface area (TPSA) is 62.0 Å². The van der Waals surface area contributed by atoms with Gasteiger partial charge in [0.05, 0.1) is 13.2 Å². The molecule has 2 aromatic carbocycles. The van der Waals surface area contributed by atoms with Gasteiger partial charge in [0, 0.05) is 11.8 Å². The minimum absolute atomic E-state index is 0.0625. The molecule has 4 heteroatoms. The Morgan fingerprint density at radius 1 is 1.14 bits per heavy atom. The zero-order valence-electron chi connectivity index (χ0n) is 12.9. The summed E-state index contributed by atoms with van der Waals surface area (Å²) in [7, 11) is 0. The Morgan fingerprint density at radius 2 is 1.86 bits per heavy atom. The second kappa shape index (κ2) is 7.09. The second-order valence-electron chi connectivity index (χ2n) is 5.24. The Hall–Kier alpha value is -2.33. The maximum Gasteiger partial charge on any atom is 0.166 e. The van der Waals surface area contributed by atoms with Crippen LogP contribution in [-0.4, -0.2) is 29.6 Å². The first-order valence-electron chi connectivity index (χ1n) is 7.27. The van der Waals surface area contributed by atoms with Gasteiger partial charge in [-0.05, 0) is 31.5 Å². The summed E-state index contributed by atoms with van der Waals surface area (Å²) >= 11 is 0. The third-order valence-electron chi connectivity index (χ3n) is 3.36. The molecule has 2 N–H and O–H groups in total. The molecule has 0 aliphatic carbocycles. The van der Waals surface area contributed by atoms with E-state index in [0.29, 0.717) is 17.9 Å². The van der Waals surface area contributed by atoms with Gasteiger partial charge < -0.3 is 14.9 Å². The maximum absolute atomic E-state index is 10.5. The molecule has 4 nitrogen and oxygen atoms in total. The molecule has 0 saturated carbocycles. The molecule has 1 unspecified atom stereocenters. The highest BCUT2D eigenvalue weighted by Crippen LogP contribution is 2.28. The molecule has 2 aromatic rings. The molecule has 0 amide bonds. The smallest absolute Gasteiger partial charge is 0.166 e. The van der Waals surface area contributed by atoms with E-state index in [1.54, 1.807) is 31.3 Å². The molecule has 2 rings (SSSR count). The molecule has 0 radical (unpaired) electrons. The van der Waals surface area contributed by atoms with E-state index in [1.165, 1.54) is 0 Å². The van der Waals surface area contributed by atoms with E-state index in [1.807, 2.05) is 37.3 Å². The van der Waals surface area contributed by atoms with Crippen LogP contribution in [0.15, 0.2) is 53.5 Å². The summed E-state index contributed by atoms with van der Waals surface area (Å²) in [6, 6.07) is 14.6. The van der Waals surface area contributed by atoms with E-state index >= 15 is 0 Å². The minimum Gasteiger partial charge on any atom is -0.504 e. The van der Waals surface area contributed by atoms with Crippen LogP contribution in [0, 0.1) is 0 Å². The van der Waals surface area contributed by atoms with Crippen molar-refractivity contribution in [2.75, 3.05) is 13.2 Å². The van der Waals surface area contributed by atoms with E-state index in [9.17, 15) is 10.2 Å². The van der Waals surface area contributed by atoms with Gasteiger partial charge in [0.25, 0.3) is 0 Å². The summed E-state index contributed by atoms with van der Waals surface area (Å²) in [6.07, 6.45) is 1.55. The number of benzene rings is 2. The Balaban J connectivity index is 2.11. The number of aromatic hydroxyl groups is 1. The van der Waals surface area contributed by atoms with Gasteiger partial charge in [-0.2, -0.15) is 0 Å². The summed E-state index contributed by atoms with van der Waals surface area (Å²) in [5.74, 6) is 0.494. The van der Waals surface area contributed by atoms with Crippen LogP contribution in [0.4, 0.5) is 0 Å². The number of phenols is 1. The maximum atomic E-state index is 10.5. The van der Waals surface area contributed by atoms with Crippen LogP contribution in [0.5, 0.6) is 11.5 Å². The summed E-state index contributed by atoms with van der Waals surface area (Å²) in [6.45, 7) is 4.26. The monoisotopic (exact) mass is 299 g/mol. The van der Waals surface area contributed by atoms with Gasteiger partial charge in [-0.1, -0.05) is 36.4 Å². The van der Waals surface area contributed by atoms with Gasteiger partial charge in [-0.3, -0.25) is 4.99 Å². The lowest BCUT2D eigenvalue weighted by Crippen LogP contribution is -2.24. The van der Waals surface area contributed by atoms with Crippen molar-refractivity contribution in [1.29, 1.82) is 0 Å². The van der Waals surface area contributed by atoms with Crippen LogP contribution in [0.2, 0.25) is 0 Å². The van der Waals surface area contributed by atoms with Crippen LogP contribution in [-0.2, 0) is 5.60 Å². The van der Waals surface area contributed by atoms with E-state index in [2.05, 4.69) is 4.99 Å². The highest BCUT2D eigenvalue weighted by Gasteiger charge is 2.21. The first kappa shape index (κ1) is 16.0. The quantitative estimate of drug-likeness (QED) is 0.806. The predicted octanol–water partition coefficient (Wildman–Crippen LogP) is 3.12. The first-order chi connectivity index (χ1) is 10.5. The summed E-state index contributed by atoms with van der Waals surface area (Å²) in [4.78, 5) is 4.26. The van der Waals surface area contributed by atoms with Crippen LogP contribution in [0.1, 0.15) is 25.0 Å². The number of aliphatic imine (C=N–C) groups is 1. The number of hydrogen-bond acceptors (Lipinski definition) is 4. The largest absolute Gasteiger partial charge is 0.504 e. The fraction of sp³-hybridized carbons (Fsp3) is 0.278. The molecule has 116 valence electrons. The van der Waals surface area contributed by atoms with Gasteiger partial charge in [0.15, 0.2) is 11.5 Å². The number of phenolic OH excluding ortho intramolecular Hbond substituents is 1. The van der Waals surface area contributed by atoms with Gasteiger partial charge in [0.1, 0.15) is 5.60 Å². The Kier molecular flexibility index (Phi) is 5.17. The SMILES string of the molecule is CCOc1cccc(C=NCC(C)(O)c2ccccc2)c1O. The zero-order chi connectivity index (χ0) is 16.0. The standard InChI is InChI=1S/C18H21NO3/c1-3-22-16-11-7-8-14(17(16)20)12-19-13-18(2,21)15-9-5-4-6-10-15/h4-12,20-21H,3,13H2,1-2H3. The minimum atomic E-state index is -1.05. The number of aliphatic hydroxyl groups is 1. The van der Waals surface area contributed by atoms with Crippen LogP contribution in [0.25, 0.3) is 0 Å². The van der Waals surface area contributed by atoms with Crippen molar-refractivity contribution in [3.05, 3.63) is 59.7 Å². The number of hydrogen-bond donors (Lipinski definition) is 2. The van der Waals surface area contributed by atoms with Crippen molar-refractivity contribution in [3.63, 3.8) is 0 Å². The number of rotatable bonds is 6. The lowest BCUT2D eigenvalue weighted by atomic mass is 9.96. The molecule has 0 spiro atoms. The lowest BCUT2D eigenvalue weighted by Gasteiger charge is -2.21. The fourth-order valence-electron chi connectivity index (χ4n) is 2.13. The van der Waals surface area contributed by atoms with E-state index in [4.69, 9.17) is 4.74 Å². The normalized spacial score (nSPS) is 14.0. The predicted molar refractivity (Wildman–Crippen MR) is 87.7 cm³/mol. The lowest BCUT2D eigenvalue weighted by molar-refractivity contribution is 0.0675. The van der Waals surface area contributed by atoms with Crippen LogP contribution in [0.3, 0.4) is 0 Å². The number of nitrogens with zero attached hydrogens (tertiary/aromatic N) is 1. The van der Waals surface area contributed by atoms with Crippen molar-refractivity contribution >= 4 is 6.21 Å². The molecular formula is C18H21NO3. The molecule has 0 aromatic heterocycles. The molecule has 22 heavy (non-hydrogen) atoms. The van der Waals surface area contributed by atoms with E-state index in [-0.39, 0.29) is 12.3 Å². The summed E-state index contributed by atoms with van der Waals surface area (Å²) in [5.41, 5.74) is 0.319. The van der Waals surface area contributed by atoms with Gasteiger partial charge in [0.2, 0.25) is 0 Å². The van der Waals surface area contributed by atoms with Crippen LogP contribution < -0.4 is 4.74 Å². The van der Waals surface area contributed by atoms with Crippen molar-refractivity contribution < 1.29 is 14.9 Å². The van der Waals surface area contributed by atoms with Gasteiger partial charge in [-0.15, -0.1) is 0 Å². The molecule has 0 aliphatic rings. The fourth-order valence-corrected chi connectivity index (χ4v) is 2.13. The van der Waals surface area contributed by atoms with Gasteiger partial charge >= 0.3 is 0 Å². The molecule has 0 heterocycles. The zero-order valence-corrected chi connectivity index (χ0v) is 12.9. The Labute approximate surface area is 130 Å². The van der Waals surface area contributed by atoms with Crippen LogP contribution >= 0.6 is 0 Å². The highest BCUT2D eigenvalue weighted by atomic mass is 16.5. The average molecular weight is 299 g/mol. The van der Waals surface area contributed by atoms with Crippen molar-refractivity contribution in [3.8, 4) is 11.5 Å². The molecule has 1 atom stereocenters. The molecule has 0 saturated heterocycles. The van der Waals surface area contributed by atoms with E-state index in [0.717, 1.165) is 5.56 Å². The third-order valence-corrected chi connectivity index (χ3v) is 3.36. The van der Waals surface area contributed by atoms with Crippen molar-refractivity contribution in [2.24, 2.45) is 4.99 Å². The third kappa shape index (κ3) is 3.86. The highest BCUT2D eigenvalue weighted by molar-refractivity contribution is 5.84. The summed E-state index contributed by atoms with van der Waals surface area (Å²) in [5, 5.41) is 20.6. The Morgan fingerprint density at radius 3 is 2.55 bits per heavy atom. The van der Waals surface area contributed by atoms with Crippen molar-refractivity contribution in [1.82, 2.24) is 0 Å². The molecule has 0 aliphatic heterocycles.